The molecule has 0 fully saturated rings. The highest BCUT2D eigenvalue weighted by molar-refractivity contribution is 6.36. The number of hydrogen-bond acceptors (Lipinski definition) is 3. The first-order chi connectivity index (χ1) is 12.8. The topological polar surface area (TPSA) is 49.4 Å². The lowest BCUT2D eigenvalue weighted by Crippen LogP contribution is -2.33. The van der Waals surface area contributed by atoms with E-state index in [4.69, 9.17) is 11.6 Å². The van der Waals surface area contributed by atoms with Gasteiger partial charge in [-0.25, -0.2) is 0 Å². The zero-order valence-corrected chi connectivity index (χ0v) is 16.8. The van der Waals surface area contributed by atoms with Gasteiger partial charge in [0.2, 0.25) is 0 Å². The van der Waals surface area contributed by atoms with E-state index in [2.05, 4.69) is 5.32 Å². The number of anilines is 1. The molecule has 0 atom stereocenters. The van der Waals surface area contributed by atoms with Gasteiger partial charge in [-0.15, -0.1) is 0 Å². The fourth-order valence-corrected chi connectivity index (χ4v) is 3.41. The smallest absolute Gasteiger partial charge is 0.278 e. The Balaban J connectivity index is 2.12. The molecular formula is C22H23ClN2O2. The van der Waals surface area contributed by atoms with E-state index in [1.54, 1.807) is 6.07 Å². The minimum Gasteiger partial charge on any atom is -0.350 e. The van der Waals surface area contributed by atoms with Gasteiger partial charge in [0.1, 0.15) is 5.70 Å². The summed E-state index contributed by atoms with van der Waals surface area (Å²) >= 11 is 6.04. The molecule has 0 radical (unpaired) electrons. The van der Waals surface area contributed by atoms with Crippen LogP contribution in [0.3, 0.4) is 0 Å². The van der Waals surface area contributed by atoms with Crippen molar-refractivity contribution >= 4 is 34.7 Å². The van der Waals surface area contributed by atoms with Gasteiger partial charge >= 0.3 is 0 Å². The number of amides is 2. The molecule has 3 rings (SSSR count). The van der Waals surface area contributed by atoms with E-state index in [1.807, 2.05) is 58.0 Å². The van der Waals surface area contributed by atoms with E-state index in [0.717, 1.165) is 27.9 Å². The summed E-state index contributed by atoms with van der Waals surface area (Å²) in [4.78, 5) is 27.3. The number of halogens is 1. The minimum absolute atomic E-state index is 0.251. The summed E-state index contributed by atoms with van der Waals surface area (Å²) in [6, 6.07) is 11.2. The van der Waals surface area contributed by atoms with E-state index in [0.29, 0.717) is 29.3 Å². The number of carbonyl (C=O) groups is 2. The molecule has 0 bridgehead atoms. The molecule has 0 aromatic heterocycles. The number of hydrogen-bond donors (Lipinski definition) is 1. The molecule has 2 amide bonds. The van der Waals surface area contributed by atoms with Crippen molar-refractivity contribution in [3.05, 3.63) is 69.4 Å². The average molecular weight is 383 g/mol. The molecule has 140 valence electrons. The number of rotatable bonds is 5. The van der Waals surface area contributed by atoms with Crippen molar-refractivity contribution in [1.82, 2.24) is 4.90 Å². The van der Waals surface area contributed by atoms with Gasteiger partial charge in [0.05, 0.1) is 5.57 Å². The zero-order chi connectivity index (χ0) is 19.7. The molecule has 0 saturated carbocycles. The van der Waals surface area contributed by atoms with Crippen LogP contribution in [-0.4, -0.2) is 23.3 Å². The molecule has 0 unspecified atom stereocenters. The molecular weight excluding hydrogens is 360 g/mol. The zero-order valence-electron chi connectivity index (χ0n) is 16.0. The third-order valence-electron chi connectivity index (χ3n) is 4.86. The predicted octanol–water partition coefficient (Wildman–Crippen LogP) is 4.87. The summed E-state index contributed by atoms with van der Waals surface area (Å²) in [6.07, 6.45) is 0.713. The van der Waals surface area contributed by atoms with Crippen molar-refractivity contribution in [3.8, 4) is 0 Å². The molecule has 0 aliphatic carbocycles. The lowest BCUT2D eigenvalue weighted by Gasteiger charge is -2.14. The van der Waals surface area contributed by atoms with Crippen LogP contribution in [0.4, 0.5) is 5.69 Å². The Kier molecular flexibility index (Phi) is 5.38. The van der Waals surface area contributed by atoms with E-state index < -0.39 is 0 Å². The lowest BCUT2D eigenvalue weighted by molar-refractivity contribution is -0.136. The normalized spacial score (nSPS) is 14.3. The number of benzene rings is 2. The second kappa shape index (κ2) is 7.57. The third-order valence-corrected chi connectivity index (χ3v) is 5.09. The molecule has 1 heterocycles. The minimum atomic E-state index is -0.288. The van der Waals surface area contributed by atoms with Crippen LogP contribution in [0, 0.1) is 20.8 Å². The monoisotopic (exact) mass is 382 g/mol. The van der Waals surface area contributed by atoms with Crippen LogP contribution in [-0.2, 0) is 9.59 Å². The van der Waals surface area contributed by atoms with Crippen molar-refractivity contribution in [3.63, 3.8) is 0 Å². The number of imide groups is 1. The van der Waals surface area contributed by atoms with Crippen LogP contribution in [0.2, 0.25) is 5.02 Å². The Bertz CT molecular complexity index is 963. The van der Waals surface area contributed by atoms with Crippen LogP contribution in [0.15, 0.2) is 42.1 Å². The Labute approximate surface area is 164 Å². The van der Waals surface area contributed by atoms with E-state index in [-0.39, 0.29) is 11.8 Å². The fraction of sp³-hybridized carbons (Fsp3) is 0.273. The predicted molar refractivity (Wildman–Crippen MR) is 110 cm³/mol. The van der Waals surface area contributed by atoms with Crippen LogP contribution in [0.5, 0.6) is 0 Å². The first-order valence-electron chi connectivity index (χ1n) is 9.04. The number of carbonyl (C=O) groups excluding carboxylic acids is 2. The first kappa shape index (κ1) is 19.2. The Morgan fingerprint density at radius 1 is 0.926 bits per heavy atom. The molecule has 2 aromatic carbocycles. The van der Waals surface area contributed by atoms with Crippen LogP contribution >= 0.6 is 11.6 Å². The van der Waals surface area contributed by atoms with Gasteiger partial charge in [-0.1, -0.05) is 36.7 Å². The van der Waals surface area contributed by atoms with E-state index in [9.17, 15) is 9.59 Å². The fourth-order valence-electron chi connectivity index (χ4n) is 3.19. The summed E-state index contributed by atoms with van der Waals surface area (Å²) in [6.45, 7) is 8.28. The maximum absolute atomic E-state index is 13.0. The van der Waals surface area contributed by atoms with Gasteiger partial charge in [0.15, 0.2) is 0 Å². The number of nitrogens with zero attached hydrogens (tertiary/aromatic N) is 1. The Hall–Kier alpha value is -2.59. The Morgan fingerprint density at radius 2 is 1.67 bits per heavy atom. The summed E-state index contributed by atoms with van der Waals surface area (Å²) < 4.78 is 0. The van der Waals surface area contributed by atoms with E-state index >= 15 is 0 Å². The highest BCUT2D eigenvalue weighted by atomic mass is 35.5. The quantitative estimate of drug-likeness (QED) is 0.750. The summed E-state index contributed by atoms with van der Waals surface area (Å²) in [5.41, 5.74) is 5.39. The van der Waals surface area contributed by atoms with Crippen LogP contribution in [0.25, 0.3) is 5.57 Å². The molecule has 1 aliphatic rings. The van der Waals surface area contributed by atoms with Crippen molar-refractivity contribution in [2.45, 2.75) is 34.1 Å². The first-order valence-corrected chi connectivity index (χ1v) is 9.42. The average Bonchev–Trinajstić information content (AvgIpc) is 2.84. The van der Waals surface area contributed by atoms with Gasteiger partial charge in [0.25, 0.3) is 11.8 Å². The van der Waals surface area contributed by atoms with Gasteiger partial charge in [-0.05, 0) is 67.6 Å². The molecule has 27 heavy (non-hydrogen) atoms. The Morgan fingerprint density at radius 3 is 2.30 bits per heavy atom. The second-order valence-corrected chi connectivity index (χ2v) is 7.33. The number of aryl methyl sites for hydroxylation is 3. The van der Waals surface area contributed by atoms with Gasteiger partial charge in [-0.3, -0.25) is 14.5 Å². The molecule has 1 aliphatic heterocycles. The van der Waals surface area contributed by atoms with E-state index in [1.165, 1.54) is 4.90 Å². The third kappa shape index (κ3) is 3.62. The SMILES string of the molecule is CCCN1C(=O)C(Nc2ccc(Cl)cc2C)=C(c2ccc(C)c(C)c2)C1=O. The van der Waals surface area contributed by atoms with Gasteiger partial charge < -0.3 is 5.32 Å². The maximum atomic E-state index is 13.0. The number of nitrogens with one attached hydrogen (secondary N) is 1. The van der Waals surface area contributed by atoms with Crippen molar-refractivity contribution < 1.29 is 9.59 Å². The molecule has 2 aromatic rings. The summed E-state index contributed by atoms with van der Waals surface area (Å²) in [7, 11) is 0. The molecule has 0 spiro atoms. The lowest BCUT2D eigenvalue weighted by atomic mass is 9.99. The summed E-state index contributed by atoms with van der Waals surface area (Å²) in [5, 5.41) is 3.82. The van der Waals surface area contributed by atoms with Gasteiger partial charge in [-0.2, -0.15) is 0 Å². The van der Waals surface area contributed by atoms with Crippen LogP contribution in [0.1, 0.15) is 35.6 Å². The largest absolute Gasteiger partial charge is 0.350 e. The van der Waals surface area contributed by atoms with Crippen molar-refractivity contribution in [1.29, 1.82) is 0 Å². The standard InChI is InChI=1S/C22H23ClN2O2/c1-5-10-25-21(26)19(16-7-6-13(2)14(3)11-16)20(22(25)27)24-18-9-8-17(23)12-15(18)4/h6-9,11-12,24H,5,10H2,1-4H3. The molecule has 1 N–H and O–H groups in total. The molecule has 5 heteroatoms. The molecule has 0 saturated heterocycles. The summed E-state index contributed by atoms with van der Waals surface area (Å²) in [5.74, 6) is -0.538. The van der Waals surface area contributed by atoms with Crippen molar-refractivity contribution in [2.75, 3.05) is 11.9 Å². The van der Waals surface area contributed by atoms with Crippen molar-refractivity contribution in [2.24, 2.45) is 0 Å². The highest BCUT2D eigenvalue weighted by Crippen LogP contribution is 2.32. The highest BCUT2D eigenvalue weighted by Gasteiger charge is 2.38. The molecule has 4 nitrogen and oxygen atoms in total. The second-order valence-electron chi connectivity index (χ2n) is 6.90. The van der Waals surface area contributed by atoms with Crippen LogP contribution < -0.4 is 5.32 Å². The van der Waals surface area contributed by atoms with Gasteiger partial charge in [0, 0.05) is 17.3 Å². The maximum Gasteiger partial charge on any atom is 0.278 e.